The van der Waals surface area contributed by atoms with Gasteiger partial charge in [0, 0.05) is 24.8 Å². The minimum atomic E-state index is -0.364. The van der Waals surface area contributed by atoms with Crippen molar-refractivity contribution >= 4 is 33.3 Å². The first-order valence-corrected chi connectivity index (χ1v) is 9.55. The van der Waals surface area contributed by atoms with Crippen LogP contribution in [-0.2, 0) is 0 Å². The summed E-state index contributed by atoms with van der Waals surface area (Å²) >= 11 is 1.39. The lowest BCUT2D eigenvalue weighted by atomic mass is 10.0. The third kappa shape index (κ3) is 3.82. The van der Waals surface area contributed by atoms with E-state index in [9.17, 15) is 4.79 Å². The van der Waals surface area contributed by atoms with Gasteiger partial charge in [-0.15, -0.1) is 10.2 Å². The van der Waals surface area contributed by atoms with Crippen LogP contribution < -0.4 is 25.0 Å². The Morgan fingerprint density at radius 3 is 2.92 bits per heavy atom. The van der Waals surface area contributed by atoms with Crippen molar-refractivity contribution in [3.05, 3.63) is 18.2 Å². The van der Waals surface area contributed by atoms with Crippen LogP contribution in [0, 0.1) is 5.92 Å². The number of benzene rings is 1. The summed E-state index contributed by atoms with van der Waals surface area (Å²) in [6.45, 7) is 5.26. The van der Waals surface area contributed by atoms with E-state index in [-0.39, 0.29) is 6.03 Å². The molecular formula is C17H21N5O3S. The number of fused-ring (bicyclic) bond motifs is 1. The monoisotopic (exact) mass is 375 g/mol. The Kier molecular flexibility index (Phi) is 4.79. The maximum atomic E-state index is 12.2. The largest absolute Gasteiger partial charge is 0.486 e. The van der Waals surface area contributed by atoms with Crippen molar-refractivity contribution < 1.29 is 14.3 Å². The molecule has 2 aliphatic rings. The van der Waals surface area contributed by atoms with Gasteiger partial charge in [-0.3, -0.25) is 5.32 Å². The molecule has 2 aliphatic heterocycles. The molecule has 1 fully saturated rings. The number of anilines is 3. The van der Waals surface area contributed by atoms with E-state index in [4.69, 9.17) is 9.47 Å². The fraction of sp³-hybridized carbons (Fsp3) is 0.471. The van der Waals surface area contributed by atoms with Crippen molar-refractivity contribution in [1.29, 1.82) is 0 Å². The predicted octanol–water partition coefficient (Wildman–Crippen LogP) is 3.19. The Bertz CT molecular complexity index is 796. The standard InChI is InChI=1S/C17H21N5O3S/c1-11-3-2-6-22(10-11)17-21-20-16(26-17)19-15(23)18-12-4-5-13-14(9-12)25-8-7-24-13/h4-5,9,11H,2-3,6-8,10H2,1H3,(H2,18,19,20,23). The zero-order valence-electron chi connectivity index (χ0n) is 14.5. The van der Waals surface area contributed by atoms with Gasteiger partial charge in [0.15, 0.2) is 11.5 Å². The molecule has 1 atom stereocenters. The Labute approximate surface area is 155 Å². The molecule has 0 aliphatic carbocycles. The molecule has 9 heteroatoms. The summed E-state index contributed by atoms with van der Waals surface area (Å²) in [5, 5.41) is 15.1. The van der Waals surface area contributed by atoms with E-state index >= 15 is 0 Å². The van der Waals surface area contributed by atoms with Crippen LogP contribution in [0.3, 0.4) is 0 Å². The molecular weight excluding hydrogens is 354 g/mol. The third-order valence-electron chi connectivity index (χ3n) is 4.36. The molecule has 0 spiro atoms. The van der Waals surface area contributed by atoms with Crippen LogP contribution in [0.5, 0.6) is 11.5 Å². The number of nitrogens with zero attached hydrogens (tertiary/aromatic N) is 3. The molecule has 2 N–H and O–H groups in total. The van der Waals surface area contributed by atoms with E-state index in [0.717, 1.165) is 24.6 Å². The van der Waals surface area contributed by atoms with Crippen molar-refractivity contribution in [3.8, 4) is 11.5 Å². The molecule has 1 aromatic carbocycles. The fourth-order valence-corrected chi connectivity index (χ4v) is 3.91. The van der Waals surface area contributed by atoms with Crippen LogP contribution in [0.4, 0.5) is 20.7 Å². The molecule has 2 amide bonds. The van der Waals surface area contributed by atoms with Gasteiger partial charge in [0.2, 0.25) is 10.3 Å². The first-order valence-electron chi connectivity index (χ1n) is 8.73. The van der Waals surface area contributed by atoms with Crippen LogP contribution in [0.1, 0.15) is 19.8 Å². The Hall–Kier alpha value is -2.55. The number of rotatable bonds is 3. The molecule has 4 rings (SSSR count). The van der Waals surface area contributed by atoms with Gasteiger partial charge in [0.05, 0.1) is 0 Å². The van der Waals surface area contributed by atoms with Crippen LogP contribution >= 0.6 is 11.3 Å². The van der Waals surface area contributed by atoms with Gasteiger partial charge in [0.1, 0.15) is 13.2 Å². The van der Waals surface area contributed by atoms with E-state index < -0.39 is 0 Å². The number of nitrogens with one attached hydrogen (secondary N) is 2. The molecule has 8 nitrogen and oxygen atoms in total. The van der Waals surface area contributed by atoms with E-state index in [1.807, 2.05) is 0 Å². The highest BCUT2D eigenvalue weighted by Crippen LogP contribution is 2.33. The maximum absolute atomic E-state index is 12.2. The number of amides is 2. The summed E-state index contributed by atoms with van der Waals surface area (Å²) in [5.74, 6) is 1.97. The second kappa shape index (κ2) is 7.36. The summed E-state index contributed by atoms with van der Waals surface area (Å²) in [6.07, 6.45) is 2.41. The quantitative estimate of drug-likeness (QED) is 0.856. The Morgan fingerprint density at radius 1 is 1.23 bits per heavy atom. The molecule has 0 bridgehead atoms. The van der Waals surface area contributed by atoms with Crippen molar-refractivity contribution in [2.75, 3.05) is 41.8 Å². The topological polar surface area (TPSA) is 88.6 Å². The number of ether oxygens (including phenoxy) is 2. The van der Waals surface area contributed by atoms with Crippen LogP contribution in [0.25, 0.3) is 0 Å². The first kappa shape index (κ1) is 16.9. The predicted molar refractivity (Wildman–Crippen MR) is 101 cm³/mol. The summed E-state index contributed by atoms with van der Waals surface area (Å²) in [7, 11) is 0. The fourth-order valence-electron chi connectivity index (χ4n) is 3.14. The molecule has 138 valence electrons. The summed E-state index contributed by atoms with van der Waals surface area (Å²) in [4.78, 5) is 14.5. The zero-order chi connectivity index (χ0) is 17.9. The van der Waals surface area contributed by atoms with Crippen molar-refractivity contribution in [1.82, 2.24) is 10.2 Å². The lowest BCUT2D eigenvalue weighted by Crippen LogP contribution is -2.34. The SMILES string of the molecule is CC1CCCN(c2nnc(NC(=O)Nc3ccc4c(c3)OCCO4)s2)C1. The average molecular weight is 375 g/mol. The second-order valence-corrected chi connectivity index (χ2v) is 7.48. The minimum Gasteiger partial charge on any atom is -0.486 e. The third-order valence-corrected chi connectivity index (χ3v) is 5.26. The number of urea groups is 1. The minimum absolute atomic E-state index is 0.364. The van der Waals surface area contributed by atoms with Crippen LogP contribution in [-0.4, -0.2) is 42.5 Å². The smallest absolute Gasteiger partial charge is 0.325 e. The van der Waals surface area contributed by atoms with Crippen LogP contribution in [0.2, 0.25) is 0 Å². The average Bonchev–Trinajstić information content (AvgIpc) is 3.10. The highest BCUT2D eigenvalue weighted by atomic mass is 32.1. The van der Waals surface area contributed by atoms with Gasteiger partial charge < -0.3 is 19.7 Å². The highest BCUT2D eigenvalue weighted by molar-refractivity contribution is 7.19. The van der Waals surface area contributed by atoms with E-state index in [0.29, 0.717) is 41.4 Å². The first-order chi connectivity index (χ1) is 12.7. The number of aromatic nitrogens is 2. The number of hydrogen-bond donors (Lipinski definition) is 2. The van der Waals surface area contributed by atoms with Gasteiger partial charge in [-0.05, 0) is 30.9 Å². The maximum Gasteiger partial charge on any atom is 0.325 e. The van der Waals surface area contributed by atoms with E-state index in [1.165, 1.54) is 17.8 Å². The van der Waals surface area contributed by atoms with Gasteiger partial charge in [-0.1, -0.05) is 18.3 Å². The number of piperidine rings is 1. The summed E-state index contributed by atoms with van der Waals surface area (Å²) in [6, 6.07) is 4.93. The molecule has 0 saturated carbocycles. The zero-order valence-corrected chi connectivity index (χ0v) is 15.3. The van der Waals surface area contributed by atoms with Gasteiger partial charge in [-0.2, -0.15) is 0 Å². The molecule has 3 heterocycles. The van der Waals surface area contributed by atoms with Crippen molar-refractivity contribution in [2.45, 2.75) is 19.8 Å². The molecule has 1 saturated heterocycles. The van der Waals surface area contributed by atoms with Crippen LogP contribution in [0.15, 0.2) is 18.2 Å². The second-order valence-electron chi connectivity index (χ2n) is 6.52. The van der Waals surface area contributed by atoms with Gasteiger partial charge in [-0.25, -0.2) is 4.79 Å². The summed E-state index contributed by atoms with van der Waals surface area (Å²) < 4.78 is 11.0. The molecule has 2 aromatic rings. The normalized spacial score (nSPS) is 19.1. The lowest BCUT2D eigenvalue weighted by Gasteiger charge is -2.29. The van der Waals surface area contributed by atoms with E-state index in [2.05, 4.69) is 32.7 Å². The Balaban J connectivity index is 1.36. The van der Waals surface area contributed by atoms with Gasteiger partial charge in [0.25, 0.3) is 0 Å². The molecule has 26 heavy (non-hydrogen) atoms. The van der Waals surface area contributed by atoms with Crippen molar-refractivity contribution in [3.63, 3.8) is 0 Å². The van der Waals surface area contributed by atoms with Crippen molar-refractivity contribution in [2.24, 2.45) is 5.92 Å². The lowest BCUT2D eigenvalue weighted by molar-refractivity contribution is 0.171. The Morgan fingerprint density at radius 2 is 2.08 bits per heavy atom. The van der Waals surface area contributed by atoms with E-state index in [1.54, 1.807) is 18.2 Å². The molecule has 0 radical (unpaired) electrons. The number of carbonyl (C=O) groups excluding carboxylic acids is 1. The molecule has 1 unspecified atom stereocenters. The summed E-state index contributed by atoms with van der Waals surface area (Å²) in [5.41, 5.74) is 0.626. The highest BCUT2D eigenvalue weighted by Gasteiger charge is 2.20. The molecule has 1 aromatic heterocycles. The van der Waals surface area contributed by atoms with Gasteiger partial charge >= 0.3 is 6.03 Å². The number of carbonyl (C=O) groups is 1. The number of hydrogen-bond acceptors (Lipinski definition) is 7.